The Kier molecular flexibility index (Phi) is 4.04. The first-order chi connectivity index (χ1) is 7.15. The maximum Gasteiger partial charge on any atom is 0.298 e. The van der Waals surface area contributed by atoms with Crippen molar-refractivity contribution in [2.24, 2.45) is 0 Å². The summed E-state index contributed by atoms with van der Waals surface area (Å²) in [6.07, 6.45) is -0.404. The third-order valence-electron chi connectivity index (χ3n) is 2.02. The van der Waals surface area contributed by atoms with Crippen LogP contribution in [-0.2, 0) is 0 Å². The van der Waals surface area contributed by atoms with E-state index in [-0.39, 0.29) is 5.92 Å². The highest BCUT2D eigenvalue weighted by atomic mass is 19.3. The Morgan fingerprint density at radius 2 is 2.20 bits per heavy atom. The minimum Gasteiger partial charge on any atom is -0.383 e. The van der Waals surface area contributed by atoms with Gasteiger partial charge in [-0.15, -0.1) is 0 Å². The topological polar surface area (TPSA) is 38.9 Å². The van der Waals surface area contributed by atoms with Crippen molar-refractivity contribution in [2.75, 3.05) is 5.73 Å². The summed E-state index contributed by atoms with van der Waals surface area (Å²) in [6, 6.07) is 3.48. The van der Waals surface area contributed by atoms with Crippen molar-refractivity contribution < 1.29 is 8.78 Å². The molecule has 0 spiro atoms. The van der Waals surface area contributed by atoms with E-state index in [1.807, 2.05) is 12.8 Å². The van der Waals surface area contributed by atoms with E-state index in [9.17, 15) is 8.78 Å². The molecule has 1 aromatic heterocycles. The summed E-state index contributed by atoms with van der Waals surface area (Å²) in [5, 5.41) is 0. The van der Waals surface area contributed by atoms with Crippen molar-refractivity contribution in [1.82, 2.24) is 4.98 Å². The van der Waals surface area contributed by atoms with E-state index in [1.165, 1.54) is 0 Å². The first-order valence-corrected chi connectivity index (χ1v) is 4.64. The molecule has 4 heteroatoms. The van der Waals surface area contributed by atoms with Crippen LogP contribution in [-0.4, -0.2) is 11.4 Å². The molecule has 0 bridgehead atoms. The molecule has 0 aliphatic carbocycles. The number of hydrogen-bond acceptors (Lipinski definition) is 2. The summed E-state index contributed by atoms with van der Waals surface area (Å²) in [5.74, 6) is 4.45. The summed E-state index contributed by atoms with van der Waals surface area (Å²) in [7, 11) is 0. The average molecular weight is 210 g/mol. The Balaban J connectivity index is 2.95. The molecule has 0 fully saturated rings. The number of rotatable bonds is 2. The molecule has 1 unspecified atom stereocenters. The lowest BCUT2D eigenvalue weighted by Crippen LogP contribution is -2.02. The fourth-order valence-corrected chi connectivity index (χ4v) is 1.29. The molecule has 0 saturated heterocycles. The number of nitrogens with two attached hydrogens (primary N) is 1. The molecular weight excluding hydrogens is 198 g/mol. The highest BCUT2D eigenvalue weighted by Gasteiger charge is 2.10. The molecule has 0 aliphatic rings. The van der Waals surface area contributed by atoms with Crippen LogP contribution in [0.3, 0.4) is 0 Å². The minimum absolute atomic E-state index is 0.271. The van der Waals surface area contributed by atoms with Crippen LogP contribution in [0.5, 0.6) is 0 Å². The van der Waals surface area contributed by atoms with Gasteiger partial charge in [-0.2, -0.15) is 8.78 Å². The summed E-state index contributed by atoms with van der Waals surface area (Å²) in [6.45, 7) is 1.87. The predicted octanol–water partition coefficient (Wildman–Crippen LogP) is 2.43. The van der Waals surface area contributed by atoms with Crippen molar-refractivity contribution >= 4 is 5.82 Å². The molecule has 1 aromatic rings. The largest absolute Gasteiger partial charge is 0.383 e. The van der Waals surface area contributed by atoms with Gasteiger partial charge in [-0.3, -0.25) is 0 Å². The molecule has 80 valence electrons. The number of alkyl halides is 2. The molecule has 1 rings (SSSR count). The van der Waals surface area contributed by atoms with Crippen molar-refractivity contribution in [1.29, 1.82) is 0 Å². The Morgan fingerprint density at radius 1 is 1.47 bits per heavy atom. The Morgan fingerprint density at radius 3 is 2.73 bits per heavy atom. The van der Waals surface area contributed by atoms with E-state index in [2.05, 4.69) is 10.9 Å². The van der Waals surface area contributed by atoms with E-state index in [0.29, 0.717) is 17.8 Å². The van der Waals surface area contributed by atoms with Gasteiger partial charge in [0.2, 0.25) is 0 Å². The number of nitrogen functional groups attached to an aromatic ring is 1. The van der Waals surface area contributed by atoms with E-state index >= 15 is 0 Å². The fourth-order valence-electron chi connectivity index (χ4n) is 1.29. The Bertz CT molecular complexity index is 380. The molecule has 2 nitrogen and oxygen atoms in total. The zero-order chi connectivity index (χ0) is 11.3. The van der Waals surface area contributed by atoms with E-state index in [1.54, 1.807) is 18.3 Å². The quantitative estimate of drug-likeness (QED) is 0.761. The Labute approximate surface area is 87.5 Å². The lowest BCUT2D eigenvalue weighted by atomic mass is 9.98. The third-order valence-corrected chi connectivity index (χ3v) is 2.02. The van der Waals surface area contributed by atoms with Crippen LogP contribution in [0.1, 0.15) is 24.8 Å². The molecule has 1 heterocycles. The predicted molar refractivity (Wildman–Crippen MR) is 55.5 cm³/mol. The smallest absolute Gasteiger partial charge is 0.298 e. The van der Waals surface area contributed by atoms with Crippen LogP contribution in [0.2, 0.25) is 0 Å². The molecule has 0 amide bonds. The van der Waals surface area contributed by atoms with Crippen LogP contribution in [0.4, 0.5) is 14.6 Å². The molecule has 0 saturated carbocycles. The standard InChI is InChI=1S/C11H12F2N2/c1-2-8(5-6-10(12)13)9-4-3-7-15-11(9)14/h3-4,7-8,10H,2H2,1H3,(H2,14,15). The maximum atomic E-state index is 11.9. The van der Waals surface area contributed by atoms with Gasteiger partial charge in [-0.05, 0) is 18.4 Å². The van der Waals surface area contributed by atoms with Gasteiger partial charge < -0.3 is 5.73 Å². The number of pyridine rings is 1. The van der Waals surface area contributed by atoms with Crippen LogP contribution >= 0.6 is 0 Å². The normalized spacial score (nSPS) is 12.0. The molecule has 0 radical (unpaired) electrons. The highest BCUT2D eigenvalue weighted by molar-refractivity contribution is 5.44. The Hall–Kier alpha value is -1.63. The molecule has 0 aromatic carbocycles. The lowest BCUT2D eigenvalue weighted by Gasteiger charge is -2.09. The second-order valence-corrected chi connectivity index (χ2v) is 3.03. The number of aromatic nitrogens is 1. The van der Waals surface area contributed by atoms with Crippen molar-refractivity contribution in [3.8, 4) is 11.8 Å². The van der Waals surface area contributed by atoms with Gasteiger partial charge in [-0.25, -0.2) is 4.98 Å². The number of anilines is 1. The molecule has 0 aliphatic heterocycles. The van der Waals surface area contributed by atoms with Gasteiger partial charge in [0.05, 0.1) is 0 Å². The zero-order valence-electron chi connectivity index (χ0n) is 8.37. The van der Waals surface area contributed by atoms with E-state index < -0.39 is 6.43 Å². The molecule has 15 heavy (non-hydrogen) atoms. The van der Waals surface area contributed by atoms with Gasteiger partial charge in [0, 0.05) is 17.7 Å². The highest BCUT2D eigenvalue weighted by Crippen LogP contribution is 2.22. The molecular formula is C11H12F2N2. The molecule has 2 N–H and O–H groups in total. The monoisotopic (exact) mass is 210 g/mol. The summed E-state index contributed by atoms with van der Waals surface area (Å²) in [4.78, 5) is 3.90. The molecule has 1 atom stereocenters. The number of nitrogens with zero attached hydrogens (tertiary/aromatic N) is 1. The van der Waals surface area contributed by atoms with Crippen LogP contribution in [0.25, 0.3) is 0 Å². The lowest BCUT2D eigenvalue weighted by molar-refractivity contribution is 0.215. The van der Waals surface area contributed by atoms with Gasteiger partial charge >= 0.3 is 0 Å². The van der Waals surface area contributed by atoms with E-state index in [4.69, 9.17) is 5.73 Å². The van der Waals surface area contributed by atoms with Crippen molar-refractivity contribution in [3.63, 3.8) is 0 Å². The summed E-state index contributed by atoms with van der Waals surface area (Å²) < 4.78 is 23.9. The van der Waals surface area contributed by atoms with Crippen LogP contribution < -0.4 is 5.73 Å². The minimum atomic E-state index is -2.60. The first kappa shape index (κ1) is 11.4. The van der Waals surface area contributed by atoms with E-state index in [0.717, 1.165) is 0 Å². The SMILES string of the molecule is CCC(C#CC(F)F)c1cccnc1N. The van der Waals surface area contributed by atoms with Crippen LogP contribution in [0.15, 0.2) is 18.3 Å². The third kappa shape index (κ3) is 3.21. The summed E-state index contributed by atoms with van der Waals surface area (Å²) in [5.41, 5.74) is 6.35. The van der Waals surface area contributed by atoms with Gasteiger partial charge in [0.25, 0.3) is 6.43 Å². The van der Waals surface area contributed by atoms with Gasteiger partial charge in [0.1, 0.15) is 5.82 Å². The van der Waals surface area contributed by atoms with Gasteiger partial charge in [-0.1, -0.05) is 18.9 Å². The van der Waals surface area contributed by atoms with Gasteiger partial charge in [0.15, 0.2) is 0 Å². The van der Waals surface area contributed by atoms with Crippen molar-refractivity contribution in [2.45, 2.75) is 25.7 Å². The first-order valence-electron chi connectivity index (χ1n) is 4.64. The zero-order valence-corrected chi connectivity index (χ0v) is 8.37. The maximum absolute atomic E-state index is 11.9. The fraction of sp³-hybridized carbons (Fsp3) is 0.364. The average Bonchev–Trinajstić information content (AvgIpc) is 2.21. The number of hydrogen-bond donors (Lipinski definition) is 1. The second kappa shape index (κ2) is 5.30. The van der Waals surface area contributed by atoms with Crippen LogP contribution in [0, 0.1) is 11.8 Å². The number of halogens is 2. The van der Waals surface area contributed by atoms with Crippen molar-refractivity contribution in [3.05, 3.63) is 23.9 Å². The second-order valence-electron chi connectivity index (χ2n) is 3.03. The summed E-state index contributed by atoms with van der Waals surface area (Å²) >= 11 is 0.